The maximum atomic E-state index is 12.7. The molecule has 1 aromatic carbocycles. The summed E-state index contributed by atoms with van der Waals surface area (Å²) < 4.78 is 5.62. The van der Waals surface area contributed by atoms with Crippen molar-refractivity contribution in [3.05, 3.63) is 23.8 Å². The number of ether oxygens (including phenoxy) is 1. The van der Waals surface area contributed by atoms with Crippen molar-refractivity contribution in [3.8, 4) is 5.75 Å². The van der Waals surface area contributed by atoms with Crippen molar-refractivity contribution in [2.75, 3.05) is 25.0 Å². The lowest BCUT2D eigenvalue weighted by Crippen LogP contribution is -2.43. The monoisotopic (exact) mass is 331 g/mol. The van der Waals surface area contributed by atoms with Crippen LogP contribution in [0.25, 0.3) is 0 Å². The van der Waals surface area contributed by atoms with Gasteiger partial charge in [0.1, 0.15) is 5.75 Å². The number of hydrogen-bond acceptors (Lipinski definition) is 4. The van der Waals surface area contributed by atoms with Gasteiger partial charge in [-0.05, 0) is 38.0 Å². The van der Waals surface area contributed by atoms with E-state index in [4.69, 9.17) is 10.5 Å². The molecule has 0 spiro atoms. The summed E-state index contributed by atoms with van der Waals surface area (Å²) in [5.74, 6) is -0.138. The molecular weight excluding hydrogens is 310 g/mol. The first-order valence-corrected chi connectivity index (χ1v) is 8.05. The van der Waals surface area contributed by atoms with Crippen molar-refractivity contribution < 1.29 is 19.1 Å². The Balaban J connectivity index is 1.77. The molecule has 2 aliphatic heterocycles. The Hall–Kier alpha value is -2.57. The number of anilines is 1. The van der Waals surface area contributed by atoms with Crippen molar-refractivity contribution in [1.29, 1.82) is 0 Å². The third-order valence-electron chi connectivity index (χ3n) is 4.73. The molecule has 3 amide bonds. The first kappa shape index (κ1) is 16.3. The number of benzene rings is 1. The lowest BCUT2D eigenvalue weighted by atomic mass is 9.96. The fourth-order valence-electron chi connectivity index (χ4n) is 3.20. The van der Waals surface area contributed by atoms with E-state index in [1.54, 1.807) is 37.1 Å². The number of piperidine rings is 1. The molecule has 24 heavy (non-hydrogen) atoms. The van der Waals surface area contributed by atoms with Crippen molar-refractivity contribution in [2.24, 2.45) is 11.7 Å². The highest BCUT2D eigenvalue weighted by Crippen LogP contribution is 2.34. The molecule has 0 aromatic heterocycles. The Morgan fingerprint density at radius 2 is 1.92 bits per heavy atom. The highest BCUT2D eigenvalue weighted by molar-refractivity contribution is 6.01. The van der Waals surface area contributed by atoms with Crippen molar-refractivity contribution >= 4 is 23.4 Å². The second-order valence-corrected chi connectivity index (χ2v) is 6.31. The molecule has 2 aliphatic rings. The van der Waals surface area contributed by atoms with Gasteiger partial charge in [0.25, 0.3) is 11.8 Å². The standard InChI is InChI=1S/C17H21N3O4/c1-10-16(22)19(2)13-4-3-12(9-14(13)24-10)17(23)20-7-5-11(6-8-20)15(18)21/h3-4,9-11H,5-8H2,1-2H3,(H2,18,21). The van der Waals surface area contributed by atoms with Gasteiger partial charge in [0.15, 0.2) is 6.10 Å². The van der Waals surface area contributed by atoms with Crippen LogP contribution in [0.15, 0.2) is 18.2 Å². The average molecular weight is 331 g/mol. The van der Waals surface area contributed by atoms with E-state index < -0.39 is 6.10 Å². The van der Waals surface area contributed by atoms with Gasteiger partial charge < -0.3 is 20.3 Å². The summed E-state index contributed by atoms with van der Waals surface area (Å²) in [5.41, 5.74) is 6.49. The van der Waals surface area contributed by atoms with Crippen LogP contribution in [0.4, 0.5) is 5.69 Å². The molecule has 128 valence electrons. The maximum absolute atomic E-state index is 12.7. The lowest BCUT2D eigenvalue weighted by molar-refractivity contribution is -0.125. The van der Waals surface area contributed by atoms with Crippen LogP contribution < -0.4 is 15.4 Å². The lowest BCUT2D eigenvalue weighted by Gasteiger charge is -2.32. The maximum Gasteiger partial charge on any atom is 0.267 e. The molecule has 1 aromatic rings. The Morgan fingerprint density at radius 1 is 1.25 bits per heavy atom. The fraction of sp³-hybridized carbons (Fsp3) is 0.471. The summed E-state index contributed by atoms with van der Waals surface area (Å²) in [5, 5.41) is 0. The Kier molecular flexibility index (Phi) is 4.17. The molecule has 2 N–H and O–H groups in total. The zero-order valence-electron chi connectivity index (χ0n) is 13.8. The molecule has 7 heteroatoms. The molecule has 1 fully saturated rings. The van der Waals surface area contributed by atoms with Gasteiger partial charge in [-0.1, -0.05) is 0 Å². The number of hydrogen-bond donors (Lipinski definition) is 1. The van der Waals surface area contributed by atoms with Gasteiger partial charge in [0, 0.05) is 31.6 Å². The summed E-state index contributed by atoms with van der Waals surface area (Å²) in [4.78, 5) is 39.1. The van der Waals surface area contributed by atoms with Crippen molar-refractivity contribution in [1.82, 2.24) is 4.90 Å². The van der Waals surface area contributed by atoms with Crippen LogP contribution in [0.5, 0.6) is 5.75 Å². The quantitative estimate of drug-likeness (QED) is 0.866. The fourth-order valence-corrected chi connectivity index (χ4v) is 3.20. The first-order valence-electron chi connectivity index (χ1n) is 8.05. The molecule has 2 heterocycles. The van der Waals surface area contributed by atoms with E-state index in [-0.39, 0.29) is 23.6 Å². The number of likely N-dealkylation sites (N-methyl/N-ethyl adjacent to an activating group) is 1. The number of carbonyl (C=O) groups is 3. The molecule has 0 radical (unpaired) electrons. The highest BCUT2D eigenvalue weighted by atomic mass is 16.5. The summed E-state index contributed by atoms with van der Waals surface area (Å²) in [7, 11) is 1.69. The highest BCUT2D eigenvalue weighted by Gasteiger charge is 2.31. The van der Waals surface area contributed by atoms with E-state index in [2.05, 4.69) is 0 Å². The van der Waals surface area contributed by atoms with Crippen LogP contribution >= 0.6 is 0 Å². The van der Waals surface area contributed by atoms with E-state index in [0.717, 1.165) is 0 Å². The molecule has 1 unspecified atom stereocenters. The second-order valence-electron chi connectivity index (χ2n) is 6.31. The topological polar surface area (TPSA) is 92.9 Å². The van der Waals surface area contributed by atoms with E-state index in [1.807, 2.05) is 0 Å². The number of nitrogens with two attached hydrogens (primary N) is 1. The van der Waals surface area contributed by atoms with Gasteiger partial charge in [0.05, 0.1) is 5.69 Å². The molecule has 0 bridgehead atoms. The van der Waals surface area contributed by atoms with Crippen LogP contribution in [-0.4, -0.2) is 48.9 Å². The van der Waals surface area contributed by atoms with E-state index in [0.29, 0.717) is 42.9 Å². The molecule has 7 nitrogen and oxygen atoms in total. The van der Waals surface area contributed by atoms with Crippen LogP contribution in [-0.2, 0) is 9.59 Å². The Bertz CT molecular complexity index is 695. The Morgan fingerprint density at radius 3 is 2.54 bits per heavy atom. The zero-order valence-corrected chi connectivity index (χ0v) is 13.8. The largest absolute Gasteiger partial charge is 0.479 e. The van der Waals surface area contributed by atoms with Gasteiger partial charge in [-0.15, -0.1) is 0 Å². The van der Waals surface area contributed by atoms with Crippen molar-refractivity contribution in [2.45, 2.75) is 25.9 Å². The molecule has 0 saturated carbocycles. The minimum absolute atomic E-state index is 0.100. The van der Waals surface area contributed by atoms with Gasteiger partial charge >= 0.3 is 0 Å². The number of likely N-dealkylation sites (tertiary alicyclic amines) is 1. The van der Waals surface area contributed by atoms with E-state index in [9.17, 15) is 14.4 Å². The third kappa shape index (κ3) is 2.81. The number of amides is 3. The first-order chi connectivity index (χ1) is 11.4. The van der Waals surface area contributed by atoms with E-state index in [1.165, 1.54) is 4.90 Å². The van der Waals surface area contributed by atoms with Gasteiger partial charge in [0.2, 0.25) is 5.91 Å². The summed E-state index contributed by atoms with van der Waals surface area (Å²) >= 11 is 0. The smallest absolute Gasteiger partial charge is 0.267 e. The number of rotatable bonds is 2. The molecule has 1 atom stereocenters. The molecule has 1 saturated heterocycles. The average Bonchev–Trinajstić information content (AvgIpc) is 2.58. The number of nitrogens with zero attached hydrogens (tertiary/aromatic N) is 2. The predicted octanol–water partition coefficient (Wildman–Crippen LogP) is 0.768. The predicted molar refractivity (Wildman–Crippen MR) is 87.8 cm³/mol. The summed E-state index contributed by atoms with van der Waals surface area (Å²) in [6, 6.07) is 5.10. The van der Waals surface area contributed by atoms with Gasteiger partial charge in [-0.3, -0.25) is 14.4 Å². The number of carbonyl (C=O) groups excluding carboxylic acids is 3. The molecular formula is C17H21N3O4. The summed E-state index contributed by atoms with van der Waals surface area (Å²) in [6.07, 6.45) is 0.618. The van der Waals surface area contributed by atoms with Gasteiger partial charge in [-0.2, -0.15) is 0 Å². The minimum atomic E-state index is -0.570. The normalized spacial score (nSPS) is 21.2. The number of fused-ring (bicyclic) bond motifs is 1. The Labute approximate surface area is 140 Å². The summed E-state index contributed by atoms with van der Waals surface area (Å²) in [6.45, 7) is 2.71. The number of primary amides is 1. The van der Waals surface area contributed by atoms with Crippen LogP contribution in [0, 0.1) is 5.92 Å². The SMILES string of the molecule is CC1Oc2cc(C(=O)N3CCC(C(N)=O)CC3)ccc2N(C)C1=O. The second kappa shape index (κ2) is 6.14. The van der Waals surface area contributed by atoms with Crippen LogP contribution in [0.2, 0.25) is 0 Å². The van der Waals surface area contributed by atoms with Crippen LogP contribution in [0.1, 0.15) is 30.1 Å². The van der Waals surface area contributed by atoms with E-state index >= 15 is 0 Å². The van der Waals surface area contributed by atoms with Crippen LogP contribution in [0.3, 0.4) is 0 Å². The van der Waals surface area contributed by atoms with Gasteiger partial charge in [-0.25, -0.2) is 0 Å². The minimum Gasteiger partial charge on any atom is -0.479 e. The zero-order chi connectivity index (χ0) is 17.4. The third-order valence-corrected chi connectivity index (χ3v) is 4.73. The van der Waals surface area contributed by atoms with Crippen molar-refractivity contribution in [3.63, 3.8) is 0 Å². The molecule has 0 aliphatic carbocycles. The molecule has 3 rings (SSSR count).